The van der Waals surface area contributed by atoms with Gasteiger partial charge in [0.15, 0.2) is 0 Å². The second kappa shape index (κ2) is 7.94. The molecule has 1 N–H and O–H groups in total. The molecule has 3 atom stereocenters. The van der Waals surface area contributed by atoms with Gasteiger partial charge in [0.2, 0.25) is 5.91 Å². The first-order valence-electron chi connectivity index (χ1n) is 8.80. The van der Waals surface area contributed by atoms with E-state index < -0.39 is 10.2 Å². The minimum absolute atomic E-state index is 0.0552. The van der Waals surface area contributed by atoms with Gasteiger partial charge in [0.05, 0.1) is 0 Å². The lowest BCUT2D eigenvalue weighted by Gasteiger charge is -2.34. The minimum atomic E-state index is -3.47. The van der Waals surface area contributed by atoms with Gasteiger partial charge in [0, 0.05) is 39.1 Å². The Bertz CT molecular complexity index is 499. The summed E-state index contributed by atoms with van der Waals surface area (Å²) in [6, 6.07) is 0. The number of nitrogens with one attached hydrogen (secondary N) is 1. The van der Waals surface area contributed by atoms with Crippen LogP contribution in [0.4, 0.5) is 0 Å². The van der Waals surface area contributed by atoms with Gasteiger partial charge in [-0.05, 0) is 37.0 Å². The van der Waals surface area contributed by atoms with Gasteiger partial charge in [-0.2, -0.15) is 12.7 Å². The van der Waals surface area contributed by atoms with E-state index in [1.807, 2.05) is 4.90 Å². The molecule has 2 heterocycles. The lowest BCUT2D eigenvalue weighted by molar-refractivity contribution is -0.132. The third kappa shape index (κ3) is 5.43. The number of piperidine rings is 2. The quantitative estimate of drug-likeness (QED) is 0.820. The topological polar surface area (TPSA) is 69.7 Å². The van der Waals surface area contributed by atoms with Gasteiger partial charge in [-0.3, -0.25) is 4.79 Å². The molecular weight excluding hydrogens is 314 g/mol. The van der Waals surface area contributed by atoms with E-state index in [1.165, 1.54) is 10.7 Å². The summed E-state index contributed by atoms with van der Waals surface area (Å²) in [6.07, 6.45) is 3.52. The zero-order valence-corrected chi connectivity index (χ0v) is 15.4. The molecule has 0 bridgehead atoms. The van der Waals surface area contributed by atoms with Gasteiger partial charge in [-0.25, -0.2) is 4.72 Å². The maximum atomic E-state index is 12.4. The first-order chi connectivity index (χ1) is 10.8. The zero-order valence-electron chi connectivity index (χ0n) is 14.6. The number of hydrogen-bond donors (Lipinski definition) is 1. The molecule has 0 saturated carbocycles. The summed E-state index contributed by atoms with van der Waals surface area (Å²) in [5.74, 6) is 1.36. The molecule has 0 spiro atoms. The number of rotatable bonds is 5. The average Bonchev–Trinajstić information content (AvgIpc) is 2.46. The lowest BCUT2D eigenvalue weighted by atomic mass is 9.94. The fourth-order valence-electron chi connectivity index (χ4n) is 3.75. The maximum Gasteiger partial charge on any atom is 0.279 e. The molecule has 3 unspecified atom stereocenters. The van der Waals surface area contributed by atoms with Crippen LogP contribution >= 0.6 is 0 Å². The minimum Gasteiger partial charge on any atom is -0.342 e. The highest BCUT2D eigenvalue weighted by atomic mass is 32.2. The van der Waals surface area contributed by atoms with Crippen molar-refractivity contribution >= 4 is 16.1 Å². The van der Waals surface area contributed by atoms with Crippen LogP contribution in [0.2, 0.25) is 0 Å². The first-order valence-corrected chi connectivity index (χ1v) is 10.2. The number of amides is 1. The average molecular weight is 346 g/mol. The van der Waals surface area contributed by atoms with Crippen molar-refractivity contribution in [3.05, 3.63) is 0 Å². The monoisotopic (exact) mass is 345 g/mol. The largest absolute Gasteiger partial charge is 0.342 e. The van der Waals surface area contributed by atoms with Gasteiger partial charge in [0.1, 0.15) is 0 Å². The molecule has 0 aromatic rings. The molecule has 2 fully saturated rings. The van der Waals surface area contributed by atoms with Crippen molar-refractivity contribution in [1.29, 1.82) is 0 Å². The summed E-state index contributed by atoms with van der Waals surface area (Å²) < 4.78 is 28.9. The van der Waals surface area contributed by atoms with Crippen molar-refractivity contribution in [3.8, 4) is 0 Å². The van der Waals surface area contributed by atoms with E-state index in [2.05, 4.69) is 25.5 Å². The Labute approximate surface area is 140 Å². The highest BCUT2D eigenvalue weighted by Crippen LogP contribution is 2.22. The van der Waals surface area contributed by atoms with E-state index in [-0.39, 0.29) is 18.9 Å². The predicted octanol–water partition coefficient (Wildman–Crippen LogP) is 1.45. The third-order valence-corrected chi connectivity index (χ3v) is 6.36. The Balaban J connectivity index is 1.79. The standard InChI is InChI=1S/C16H31N3O3S/c1-13-5-4-8-18(10-13)16(20)6-7-17-23(21,22)19-11-14(2)9-15(3)12-19/h13-15,17H,4-12H2,1-3H3. The van der Waals surface area contributed by atoms with Crippen molar-refractivity contribution in [2.75, 3.05) is 32.7 Å². The third-order valence-electron chi connectivity index (χ3n) is 4.81. The van der Waals surface area contributed by atoms with Crippen LogP contribution in [0.25, 0.3) is 0 Å². The van der Waals surface area contributed by atoms with Crippen LogP contribution in [-0.4, -0.2) is 56.3 Å². The second-order valence-corrected chi connectivity index (χ2v) is 9.25. The van der Waals surface area contributed by atoms with E-state index in [1.54, 1.807) is 0 Å². The fraction of sp³-hybridized carbons (Fsp3) is 0.938. The van der Waals surface area contributed by atoms with Crippen LogP contribution in [-0.2, 0) is 15.0 Å². The van der Waals surface area contributed by atoms with Crippen LogP contribution in [0.3, 0.4) is 0 Å². The molecule has 2 saturated heterocycles. The van der Waals surface area contributed by atoms with Crippen LogP contribution < -0.4 is 4.72 Å². The Kier molecular flexibility index (Phi) is 6.45. The SMILES string of the molecule is CC1CCCN(C(=O)CCNS(=O)(=O)N2CC(C)CC(C)C2)C1. The lowest BCUT2D eigenvalue weighted by Crippen LogP contribution is -2.48. The zero-order chi connectivity index (χ0) is 17.0. The molecule has 7 heteroatoms. The molecule has 23 heavy (non-hydrogen) atoms. The summed E-state index contributed by atoms with van der Waals surface area (Å²) in [5, 5.41) is 0. The fourth-order valence-corrected chi connectivity index (χ4v) is 5.20. The molecular formula is C16H31N3O3S. The molecule has 0 aromatic heterocycles. The van der Waals surface area contributed by atoms with Gasteiger partial charge < -0.3 is 4.90 Å². The van der Waals surface area contributed by atoms with Crippen LogP contribution in [0.15, 0.2) is 0 Å². The summed E-state index contributed by atoms with van der Waals surface area (Å²) in [5.41, 5.74) is 0. The van der Waals surface area contributed by atoms with Gasteiger partial charge in [0.25, 0.3) is 10.2 Å². The van der Waals surface area contributed by atoms with Gasteiger partial charge in [-0.15, -0.1) is 0 Å². The van der Waals surface area contributed by atoms with Crippen molar-refractivity contribution < 1.29 is 13.2 Å². The highest BCUT2D eigenvalue weighted by molar-refractivity contribution is 7.87. The summed E-state index contributed by atoms with van der Waals surface area (Å²) >= 11 is 0. The Morgan fingerprint density at radius 3 is 2.35 bits per heavy atom. The smallest absolute Gasteiger partial charge is 0.279 e. The van der Waals surface area contributed by atoms with Crippen molar-refractivity contribution in [3.63, 3.8) is 0 Å². The number of likely N-dealkylation sites (tertiary alicyclic amines) is 1. The van der Waals surface area contributed by atoms with E-state index in [0.717, 1.165) is 25.9 Å². The van der Waals surface area contributed by atoms with Crippen LogP contribution in [0, 0.1) is 17.8 Å². The van der Waals surface area contributed by atoms with E-state index in [0.29, 0.717) is 30.8 Å². The Morgan fingerprint density at radius 1 is 1.09 bits per heavy atom. The molecule has 2 rings (SSSR count). The molecule has 6 nitrogen and oxygen atoms in total. The molecule has 0 aromatic carbocycles. The van der Waals surface area contributed by atoms with E-state index in [4.69, 9.17) is 0 Å². The van der Waals surface area contributed by atoms with Crippen LogP contribution in [0.1, 0.15) is 46.5 Å². The molecule has 134 valence electrons. The first kappa shape index (κ1) is 18.7. The van der Waals surface area contributed by atoms with Crippen molar-refractivity contribution in [1.82, 2.24) is 13.9 Å². The van der Waals surface area contributed by atoms with E-state index >= 15 is 0 Å². The predicted molar refractivity (Wildman–Crippen MR) is 91.0 cm³/mol. The summed E-state index contributed by atoms with van der Waals surface area (Å²) in [7, 11) is -3.47. The summed E-state index contributed by atoms with van der Waals surface area (Å²) in [4.78, 5) is 14.1. The van der Waals surface area contributed by atoms with Crippen molar-refractivity contribution in [2.45, 2.75) is 46.5 Å². The number of carbonyl (C=O) groups excluding carboxylic acids is 1. The van der Waals surface area contributed by atoms with Crippen molar-refractivity contribution in [2.24, 2.45) is 17.8 Å². The Hall–Kier alpha value is -0.660. The Morgan fingerprint density at radius 2 is 1.74 bits per heavy atom. The number of nitrogens with zero attached hydrogens (tertiary/aromatic N) is 2. The molecule has 0 radical (unpaired) electrons. The van der Waals surface area contributed by atoms with Crippen LogP contribution in [0.5, 0.6) is 0 Å². The number of carbonyl (C=O) groups is 1. The summed E-state index contributed by atoms with van der Waals surface area (Å²) in [6.45, 7) is 9.24. The normalized spacial score (nSPS) is 30.4. The second-order valence-electron chi connectivity index (χ2n) is 7.50. The van der Waals surface area contributed by atoms with Gasteiger partial charge in [-0.1, -0.05) is 20.8 Å². The highest BCUT2D eigenvalue weighted by Gasteiger charge is 2.30. The molecule has 2 aliphatic heterocycles. The number of hydrogen-bond acceptors (Lipinski definition) is 3. The molecule has 0 aliphatic carbocycles. The van der Waals surface area contributed by atoms with Gasteiger partial charge >= 0.3 is 0 Å². The van der Waals surface area contributed by atoms with E-state index in [9.17, 15) is 13.2 Å². The molecule has 1 amide bonds. The molecule has 2 aliphatic rings. The maximum absolute atomic E-state index is 12.4.